The van der Waals surface area contributed by atoms with Crippen molar-refractivity contribution in [2.75, 3.05) is 26.2 Å². The molecule has 12 atom stereocenters. The van der Waals surface area contributed by atoms with Crippen molar-refractivity contribution in [3.63, 3.8) is 0 Å². The predicted molar refractivity (Wildman–Crippen MR) is 342 cm³/mol. The maximum Gasteiger partial charge on any atom is 0.306 e. The highest BCUT2D eigenvalue weighted by molar-refractivity contribution is 5.69. The van der Waals surface area contributed by atoms with Gasteiger partial charge in [-0.15, -0.1) is 0 Å². The van der Waals surface area contributed by atoms with Crippen LogP contribution >= 0.6 is 0 Å². The zero-order chi connectivity index (χ0) is 57.9. The first-order valence-electron chi connectivity index (χ1n) is 34.8. The molecular weight excluding hydrogens is 979 g/mol. The molecule has 12 unspecified atom stereocenters. The minimum Gasteiger partial charge on any atom is -0.495 e. The van der Waals surface area contributed by atoms with Crippen LogP contribution in [0.4, 0.5) is 0 Å². The van der Waals surface area contributed by atoms with Crippen molar-refractivity contribution in [1.29, 1.82) is 0 Å². The largest absolute Gasteiger partial charge is 0.495 e. The smallest absolute Gasteiger partial charge is 0.306 e. The van der Waals surface area contributed by atoms with Gasteiger partial charge in [0.2, 0.25) is 0 Å². The van der Waals surface area contributed by atoms with Crippen molar-refractivity contribution in [2.24, 2.45) is 69.5 Å². The minimum atomic E-state index is 0.0106. The van der Waals surface area contributed by atoms with E-state index in [9.17, 15) is 9.90 Å². The molecule has 6 saturated carbocycles. The molecule has 0 aromatic heterocycles. The molecule has 5 heteroatoms. The number of rotatable bonds is 32. The molecule has 0 bridgehead atoms. The highest BCUT2D eigenvalue weighted by atomic mass is 16.5. The normalized spacial score (nSPS) is 31.9. The van der Waals surface area contributed by atoms with Crippen LogP contribution in [0.3, 0.4) is 0 Å². The van der Waals surface area contributed by atoms with E-state index in [2.05, 4.69) is 105 Å². The van der Waals surface area contributed by atoms with Crippen LogP contribution in [0, 0.1) is 69.5 Å². The van der Waals surface area contributed by atoms with E-state index in [1.807, 2.05) is 13.8 Å². The average Bonchev–Trinajstić information content (AvgIpc) is 3.99. The first-order valence-corrected chi connectivity index (χ1v) is 34.8. The molecule has 0 heterocycles. The molecule has 0 saturated heterocycles. The summed E-state index contributed by atoms with van der Waals surface area (Å²) < 4.78 is 12.8. The molecule has 0 aliphatic heterocycles. The Morgan fingerprint density at radius 1 is 0.625 bits per heavy atom. The molecule has 7 aliphatic carbocycles. The Bertz CT molecular complexity index is 2040. The van der Waals surface area contributed by atoms with E-state index in [-0.39, 0.29) is 30.2 Å². The fourth-order valence-corrected chi connectivity index (χ4v) is 18.1. The van der Waals surface area contributed by atoms with Gasteiger partial charge in [0.05, 0.1) is 5.76 Å². The quantitative estimate of drug-likeness (QED) is 0.0413. The van der Waals surface area contributed by atoms with Gasteiger partial charge in [-0.1, -0.05) is 200 Å². The molecule has 7 rings (SSSR count). The summed E-state index contributed by atoms with van der Waals surface area (Å²) in [7, 11) is 0. The summed E-state index contributed by atoms with van der Waals surface area (Å²) >= 11 is 0. The van der Waals surface area contributed by atoms with Crippen LogP contribution in [0.2, 0.25) is 0 Å². The van der Waals surface area contributed by atoms with Crippen molar-refractivity contribution in [3.05, 3.63) is 71.1 Å². The molecule has 0 aromatic rings. The van der Waals surface area contributed by atoms with Crippen LogP contribution in [0.25, 0.3) is 0 Å². The molecule has 456 valence electrons. The second-order valence-corrected chi connectivity index (χ2v) is 29.3. The van der Waals surface area contributed by atoms with Gasteiger partial charge in [-0.2, -0.15) is 0 Å². The number of ether oxygens (including phenoxy) is 2. The topological polar surface area (TPSA) is 59.0 Å². The number of esters is 1. The van der Waals surface area contributed by atoms with Gasteiger partial charge < -0.3 is 19.5 Å². The summed E-state index contributed by atoms with van der Waals surface area (Å²) in [5.74, 6) is 8.16. The summed E-state index contributed by atoms with van der Waals surface area (Å²) in [5.41, 5.74) is 8.89. The summed E-state index contributed by atoms with van der Waals surface area (Å²) in [6, 6.07) is 0. The number of hydrogen-bond donors (Lipinski definition) is 1. The monoisotopic (exact) mass is 1110 g/mol. The third kappa shape index (κ3) is 18.1. The second-order valence-electron chi connectivity index (χ2n) is 29.3. The number of carbonyl (C=O) groups excluding carboxylic acids is 1. The summed E-state index contributed by atoms with van der Waals surface area (Å²) in [6.45, 7) is 39.0. The molecule has 5 nitrogen and oxygen atoms in total. The number of aliphatic hydroxyl groups excluding tert-OH is 1. The van der Waals surface area contributed by atoms with E-state index >= 15 is 0 Å². The van der Waals surface area contributed by atoms with Gasteiger partial charge >= 0.3 is 5.97 Å². The molecule has 6 fully saturated rings. The van der Waals surface area contributed by atoms with Crippen molar-refractivity contribution in [2.45, 2.75) is 300 Å². The lowest BCUT2D eigenvalue weighted by atomic mass is 9.50. The van der Waals surface area contributed by atoms with Gasteiger partial charge in [0, 0.05) is 32.3 Å². The molecule has 7 aliphatic rings. The fourth-order valence-electron chi connectivity index (χ4n) is 18.1. The number of fused-ring (bicyclic) bond motifs is 6. The molecule has 80 heavy (non-hydrogen) atoms. The lowest BCUT2D eigenvalue weighted by Gasteiger charge is -2.55. The van der Waals surface area contributed by atoms with E-state index in [0.29, 0.717) is 23.2 Å². The van der Waals surface area contributed by atoms with Crippen molar-refractivity contribution >= 4 is 5.97 Å². The SMILES string of the molecule is C=C(CCCCCCN(CCCCO)CCCCCCC(=O)OC1CCC2(C)C(=CC=C3C2CCC2(C)C3CCC2C(C)CCCC(C)C)C1)OC1CCC(=C)/C(=C\C=C2/CCCC3(C)C2CCC3C(C)CCCC(C)C)C1.CC. The van der Waals surface area contributed by atoms with Crippen LogP contribution in [0.1, 0.15) is 288 Å². The predicted octanol–water partition coefficient (Wildman–Crippen LogP) is 21.0. The van der Waals surface area contributed by atoms with Gasteiger partial charge in [-0.05, 0) is 217 Å². The van der Waals surface area contributed by atoms with E-state index in [1.165, 1.54) is 127 Å². The van der Waals surface area contributed by atoms with Gasteiger partial charge in [0.25, 0.3) is 0 Å². The number of unbranched alkanes of at least 4 members (excludes halogenated alkanes) is 7. The molecule has 0 spiro atoms. The van der Waals surface area contributed by atoms with E-state index in [0.717, 1.165) is 163 Å². The van der Waals surface area contributed by atoms with Crippen molar-refractivity contribution in [1.82, 2.24) is 4.90 Å². The Labute approximate surface area is 495 Å². The lowest BCUT2D eigenvalue weighted by molar-refractivity contribution is -0.151. The maximum atomic E-state index is 13.2. The van der Waals surface area contributed by atoms with Crippen LogP contribution < -0.4 is 0 Å². The van der Waals surface area contributed by atoms with E-state index in [1.54, 1.807) is 16.7 Å². The number of aliphatic hydroxyl groups is 1. The highest BCUT2D eigenvalue weighted by Crippen LogP contribution is 2.66. The Morgan fingerprint density at radius 2 is 1.21 bits per heavy atom. The van der Waals surface area contributed by atoms with E-state index in [4.69, 9.17) is 9.47 Å². The van der Waals surface area contributed by atoms with Crippen LogP contribution in [0.15, 0.2) is 71.1 Å². The van der Waals surface area contributed by atoms with Gasteiger partial charge in [0.15, 0.2) is 0 Å². The summed E-state index contributed by atoms with van der Waals surface area (Å²) in [4.78, 5) is 15.8. The third-order valence-corrected chi connectivity index (χ3v) is 22.9. The molecule has 1 N–H and O–H groups in total. The van der Waals surface area contributed by atoms with Crippen molar-refractivity contribution in [3.8, 4) is 0 Å². The first-order chi connectivity index (χ1) is 38.4. The molecule has 0 aromatic carbocycles. The average molecular weight is 1110 g/mol. The van der Waals surface area contributed by atoms with Gasteiger partial charge in [0.1, 0.15) is 12.2 Å². The maximum absolute atomic E-state index is 13.2. The van der Waals surface area contributed by atoms with E-state index < -0.39 is 0 Å². The van der Waals surface area contributed by atoms with Crippen LogP contribution in [-0.4, -0.2) is 54.4 Å². The third-order valence-electron chi connectivity index (χ3n) is 22.9. The highest BCUT2D eigenvalue weighted by Gasteiger charge is 2.57. The zero-order valence-corrected chi connectivity index (χ0v) is 54.4. The number of hydrogen-bond acceptors (Lipinski definition) is 5. The first kappa shape index (κ1) is 66.8. The Morgan fingerprint density at radius 3 is 1.85 bits per heavy atom. The van der Waals surface area contributed by atoms with Gasteiger partial charge in [-0.3, -0.25) is 4.79 Å². The van der Waals surface area contributed by atoms with Crippen LogP contribution in [-0.2, 0) is 14.3 Å². The molecule has 0 radical (unpaired) electrons. The Kier molecular flexibility index (Phi) is 27.4. The minimum absolute atomic E-state index is 0.0106. The number of nitrogens with zero attached hydrogens (tertiary/aromatic N) is 1. The Balaban J connectivity index is 0.00000510. The standard InChI is InChI=1S/C73H121NO4.C2H6/c1-53(2)25-22-27-56(6)65-38-40-67-59(30-24-44-72(65,67)10)33-34-60-51-62(36-32-55(60)5)77-58(8)29-16-12-14-18-47-74(49-20-21-50-75)48-19-15-13-17-31-70(76)78-63-42-45-71(9)61(52-63)35-37-64-68-41-39-66(57(7)28-23-26-54(3)4)73(68,11)46-43-69(64)71;1-2/h33-35,37,53-54,56-57,62-63,65-69,75H,5,8,12-32,36,38-52H2,1-4,6-7,9-11H3;1-2H3/b59-33+,60-34-;. The van der Waals surface area contributed by atoms with Crippen molar-refractivity contribution < 1.29 is 19.4 Å². The second kappa shape index (κ2) is 32.8. The zero-order valence-electron chi connectivity index (χ0n) is 54.4. The molecule has 0 amide bonds. The number of allylic oxidation sites excluding steroid dienone is 8. The van der Waals surface area contributed by atoms with Gasteiger partial charge in [-0.25, -0.2) is 0 Å². The molecular formula is C75H127NO4. The van der Waals surface area contributed by atoms with Crippen LogP contribution in [0.5, 0.6) is 0 Å². The summed E-state index contributed by atoms with van der Waals surface area (Å²) in [5, 5.41) is 9.51. The summed E-state index contributed by atoms with van der Waals surface area (Å²) in [6.07, 6.45) is 49.4. The number of carbonyl (C=O) groups is 1. The fraction of sp³-hybridized carbons (Fsp3) is 0.827. The Hall–Kier alpha value is -2.37. The lowest BCUT2D eigenvalue weighted by Crippen LogP contribution is -2.46.